The number of fused-ring (bicyclic) bond motifs is 3. The van der Waals surface area contributed by atoms with Gasteiger partial charge in [0.25, 0.3) is 9.70 Å². The van der Waals surface area contributed by atoms with E-state index in [1.807, 2.05) is 28.8 Å². The van der Waals surface area contributed by atoms with Crippen LogP contribution in [0.4, 0.5) is 5.82 Å². The minimum atomic E-state index is -2.10. The van der Waals surface area contributed by atoms with Crippen LogP contribution in [0.15, 0.2) is 48.1 Å². The molecule has 1 N–H and O–H groups in total. The van der Waals surface area contributed by atoms with E-state index in [2.05, 4.69) is 32.8 Å². The Balaban J connectivity index is 1.50. The van der Waals surface area contributed by atoms with Gasteiger partial charge in [-0.2, -0.15) is 0 Å². The van der Waals surface area contributed by atoms with Crippen LogP contribution in [0.1, 0.15) is 11.3 Å². The van der Waals surface area contributed by atoms with Crippen LogP contribution in [0, 0.1) is 0 Å². The Kier molecular flexibility index (Phi) is 6.99. The van der Waals surface area contributed by atoms with Gasteiger partial charge >= 0.3 is 0 Å². The second-order valence-corrected chi connectivity index (χ2v) is 10.2. The average Bonchev–Trinajstić information content (AvgIpc) is 3.40. The van der Waals surface area contributed by atoms with Gasteiger partial charge in [0.05, 0.1) is 24.0 Å². The number of para-hydroxylation sites is 1. The van der Waals surface area contributed by atoms with Crippen molar-refractivity contribution in [1.29, 1.82) is 0 Å². The van der Waals surface area contributed by atoms with E-state index in [9.17, 15) is 4.79 Å². The number of thiophene rings is 1. The minimum absolute atomic E-state index is 0.251. The summed E-state index contributed by atoms with van der Waals surface area (Å²) in [5.41, 5.74) is 2.07. The van der Waals surface area contributed by atoms with E-state index in [4.69, 9.17) is 39.5 Å². The summed E-state index contributed by atoms with van der Waals surface area (Å²) in [6, 6.07) is 11.8. The number of alkyl halides is 3. The number of hydrogen-bond acceptors (Lipinski definition) is 5. The number of carbonyl (C=O) groups is 1. The molecule has 4 aromatic rings. The van der Waals surface area contributed by atoms with Gasteiger partial charge in [-0.25, -0.2) is 9.97 Å². The van der Waals surface area contributed by atoms with Gasteiger partial charge in [0.2, 0.25) is 0 Å². The standard InChI is InChI=1S/C21H19Cl3N4O2S/c22-21(23,24)20(29)27-19-17-18(15-7-1-2-8-16(15)26-19)28(13-25-17)9-11-30-10-3-5-14-6-4-12-31-14/h1-2,4,6-8,12-13H,3,5,9-11H2,(H,26,27,29). The van der Waals surface area contributed by atoms with Crippen LogP contribution in [0.25, 0.3) is 21.9 Å². The molecule has 4 rings (SSSR count). The predicted molar refractivity (Wildman–Crippen MR) is 127 cm³/mol. The van der Waals surface area contributed by atoms with Crippen LogP contribution < -0.4 is 5.32 Å². The zero-order valence-corrected chi connectivity index (χ0v) is 19.4. The Morgan fingerprint density at radius 1 is 1.16 bits per heavy atom. The van der Waals surface area contributed by atoms with Crippen molar-refractivity contribution < 1.29 is 9.53 Å². The van der Waals surface area contributed by atoms with Crippen molar-refractivity contribution in [2.24, 2.45) is 0 Å². The number of imidazole rings is 1. The molecule has 6 nitrogen and oxygen atoms in total. The highest BCUT2D eigenvalue weighted by molar-refractivity contribution is 7.09. The van der Waals surface area contributed by atoms with E-state index in [0.717, 1.165) is 23.7 Å². The van der Waals surface area contributed by atoms with Gasteiger partial charge in [-0.3, -0.25) is 4.79 Å². The maximum Gasteiger partial charge on any atom is 0.277 e. The first-order valence-corrected chi connectivity index (χ1v) is 11.7. The molecule has 3 heterocycles. The number of rotatable bonds is 8. The molecule has 0 unspecified atom stereocenters. The first kappa shape index (κ1) is 22.3. The summed E-state index contributed by atoms with van der Waals surface area (Å²) in [6.45, 7) is 1.85. The number of halogens is 3. The van der Waals surface area contributed by atoms with Crippen LogP contribution in [-0.2, 0) is 22.5 Å². The molecular formula is C21H19Cl3N4O2S. The molecule has 162 valence electrons. The minimum Gasteiger partial charge on any atom is -0.380 e. The molecule has 1 amide bonds. The maximum atomic E-state index is 12.2. The lowest BCUT2D eigenvalue weighted by Crippen LogP contribution is -2.27. The Morgan fingerprint density at radius 2 is 2.00 bits per heavy atom. The number of nitrogens with zero attached hydrogens (tertiary/aromatic N) is 3. The summed E-state index contributed by atoms with van der Waals surface area (Å²) < 4.78 is 5.72. The molecule has 10 heteroatoms. The lowest BCUT2D eigenvalue weighted by Gasteiger charge is -2.13. The molecule has 0 atom stereocenters. The van der Waals surface area contributed by atoms with Crippen LogP contribution in [0.3, 0.4) is 0 Å². The number of hydrogen-bond donors (Lipinski definition) is 1. The molecule has 3 aromatic heterocycles. The third kappa shape index (κ3) is 5.30. The van der Waals surface area contributed by atoms with Crippen molar-refractivity contribution in [3.05, 3.63) is 53.0 Å². The van der Waals surface area contributed by atoms with E-state index in [-0.39, 0.29) is 5.82 Å². The fourth-order valence-electron chi connectivity index (χ4n) is 3.29. The van der Waals surface area contributed by atoms with Gasteiger partial charge in [-0.1, -0.05) is 59.1 Å². The van der Waals surface area contributed by atoms with Crippen LogP contribution >= 0.6 is 46.1 Å². The molecule has 0 aliphatic carbocycles. The normalized spacial score (nSPS) is 12.0. The number of amides is 1. The molecule has 0 saturated heterocycles. The SMILES string of the molecule is O=C(Nc1nc2ccccc2c2c1ncn2CCOCCCc1cccs1)C(Cl)(Cl)Cl. The van der Waals surface area contributed by atoms with Gasteiger partial charge < -0.3 is 14.6 Å². The molecule has 0 bridgehead atoms. The summed E-state index contributed by atoms with van der Waals surface area (Å²) in [4.78, 5) is 22.5. The quantitative estimate of drug-likeness (QED) is 0.254. The number of ether oxygens (including phenoxy) is 1. The van der Waals surface area contributed by atoms with Crippen LogP contribution in [-0.4, -0.2) is 37.4 Å². The predicted octanol–water partition coefficient (Wildman–Crippen LogP) is 5.60. The second-order valence-electron chi connectivity index (χ2n) is 6.86. The summed E-state index contributed by atoms with van der Waals surface area (Å²) in [6.07, 6.45) is 3.71. The highest BCUT2D eigenvalue weighted by Gasteiger charge is 2.31. The smallest absolute Gasteiger partial charge is 0.277 e. The number of aromatic nitrogens is 3. The first-order valence-electron chi connectivity index (χ1n) is 9.65. The Hall–Kier alpha value is -1.90. The number of nitrogens with one attached hydrogen (secondary N) is 1. The number of carbonyl (C=O) groups excluding carboxylic acids is 1. The number of aryl methyl sites for hydroxylation is 1. The van der Waals surface area contributed by atoms with Crippen molar-refractivity contribution in [3.63, 3.8) is 0 Å². The Labute approximate surface area is 198 Å². The fourth-order valence-corrected chi connectivity index (χ4v) is 4.18. The van der Waals surface area contributed by atoms with Crippen molar-refractivity contribution in [2.75, 3.05) is 18.5 Å². The molecule has 1 aromatic carbocycles. The van der Waals surface area contributed by atoms with E-state index in [1.165, 1.54) is 4.88 Å². The highest BCUT2D eigenvalue weighted by Crippen LogP contribution is 2.31. The van der Waals surface area contributed by atoms with E-state index in [0.29, 0.717) is 30.8 Å². The maximum absolute atomic E-state index is 12.2. The largest absolute Gasteiger partial charge is 0.380 e. The van der Waals surface area contributed by atoms with Gasteiger partial charge in [-0.15, -0.1) is 11.3 Å². The van der Waals surface area contributed by atoms with Gasteiger partial charge in [0.15, 0.2) is 5.82 Å². The summed E-state index contributed by atoms with van der Waals surface area (Å²) in [5, 5.41) is 5.58. The monoisotopic (exact) mass is 496 g/mol. The zero-order valence-electron chi connectivity index (χ0n) is 16.4. The Morgan fingerprint density at radius 3 is 2.77 bits per heavy atom. The summed E-state index contributed by atoms with van der Waals surface area (Å²) in [7, 11) is 0. The van der Waals surface area contributed by atoms with E-state index >= 15 is 0 Å². The molecule has 31 heavy (non-hydrogen) atoms. The fraction of sp³-hybridized carbons (Fsp3) is 0.286. The number of pyridine rings is 1. The van der Waals surface area contributed by atoms with Crippen molar-refractivity contribution in [3.8, 4) is 0 Å². The molecule has 0 radical (unpaired) electrons. The van der Waals surface area contributed by atoms with Gasteiger partial charge in [0, 0.05) is 23.4 Å². The first-order chi connectivity index (χ1) is 14.9. The molecular weight excluding hydrogens is 479 g/mol. The van der Waals surface area contributed by atoms with E-state index < -0.39 is 9.70 Å². The molecule has 0 spiro atoms. The van der Waals surface area contributed by atoms with Crippen molar-refractivity contribution >= 4 is 79.8 Å². The lowest BCUT2D eigenvalue weighted by molar-refractivity contribution is -0.115. The average molecular weight is 498 g/mol. The van der Waals surface area contributed by atoms with Gasteiger partial charge in [0.1, 0.15) is 5.52 Å². The van der Waals surface area contributed by atoms with E-state index in [1.54, 1.807) is 17.7 Å². The molecule has 0 saturated carbocycles. The van der Waals surface area contributed by atoms with Crippen LogP contribution in [0.5, 0.6) is 0 Å². The molecule has 0 aliphatic rings. The summed E-state index contributed by atoms with van der Waals surface area (Å²) >= 11 is 18.9. The van der Waals surface area contributed by atoms with Crippen molar-refractivity contribution in [2.45, 2.75) is 23.2 Å². The topological polar surface area (TPSA) is 69.0 Å². The second kappa shape index (κ2) is 9.71. The molecule has 0 fully saturated rings. The number of anilines is 1. The van der Waals surface area contributed by atoms with Crippen LogP contribution in [0.2, 0.25) is 0 Å². The van der Waals surface area contributed by atoms with Gasteiger partial charge in [-0.05, 0) is 30.4 Å². The lowest BCUT2D eigenvalue weighted by atomic mass is 10.2. The third-order valence-corrected chi connectivity index (χ3v) is 6.16. The third-order valence-electron chi connectivity index (χ3n) is 4.71. The number of benzene rings is 1. The highest BCUT2D eigenvalue weighted by atomic mass is 35.6. The summed E-state index contributed by atoms with van der Waals surface area (Å²) in [5.74, 6) is -0.536. The molecule has 0 aliphatic heterocycles. The zero-order chi connectivity index (χ0) is 21.8. The Bertz CT molecular complexity index is 1190. The van der Waals surface area contributed by atoms with Crippen molar-refractivity contribution in [1.82, 2.24) is 14.5 Å².